The van der Waals surface area contributed by atoms with Crippen LogP contribution in [-0.2, 0) is 16.0 Å². The Hall–Kier alpha value is -2.14. The minimum Gasteiger partial charge on any atom is -0.444 e. The standard InChI is InChI=1S/C22H27BrFN3O3/c1-21(2,3)30-20(29)27-13-14-6-8-22(27,9-7-14)19(28)26-17(12-25)10-15-4-5-16(23)11-18(15)24/h4-5,11,14,17H,6-10,13H2,1-3H3,(H,26,28)/t14?,17-,22?/m0/s1. The Labute approximate surface area is 184 Å². The molecule has 30 heavy (non-hydrogen) atoms. The third-order valence-corrected chi connectivity index (χ3v) is 6.32. The monoisotopic (exact) mass is 479 g/mol. The summed E-state index contributed by atoms with van der Waals surface area (Å²) in [4.78, 5) is 27.7. The van der Waals surface area contributed by atoms with Crippen LogP contribution in [0.5, 0.6) is 0 Å². The largest absolute Gasteiger partial charge is 0.444 e. The lowest BCUT2D eigenvalue weighted by Gasteiger charge is -2.53. The Kier molecular flexibility index (Phi) is 6.42. The fourth-order valence-electron chi connectivity index (χ4n) is 4.29. The molecular formula is C22H27BrFN3O3. The molecular weight excluding hydrogens is 453 g/mol. The second-order valence-corrected chi connectivity index (χ2v) is 10.1. The van der Waals surface area contributed by atoms with Crippen LogP contribution in [0.3, 0.4) is 0 Å². The number of carbonyl (C=O) groups excluding carboxylic acids is 2. The lowest BCUT2D eigenvalue weighted by atomic mass is 9.70. The van der Waals surface area contributed by atoms with Crippen LogP contribution in [0.1, 0.15) is 52.0 Å². The first-order valence-electron chi connectivity index (χ1n) is 10.2. The molecule has 1 saturated carbocycles. The Bertz CT molecular complexity index is 869. The molecule has 0 spiro atoms. The van der Waals surface area contributed by atoms with Gasteiger partial charge >= 0.3 is 6.09 Å². The number of nitrogens with zero attached hydrogens (tertiary/aromatic N) is 2. The predicted octanol–water partition coefficient (Wildman–Crippen LogP) is 4.32. The van der Waals surface area contributed by atoms with Gasteiger partial charge in [0.15, 0.2) is 0 Å². The second kappa shape index (κ2) is 8.54. The second-order valence-electron chi connectivity index (χ2n) is 9.16. The quantitative estimate of drug-likeness (QED) is 0.696. The number of rotatable bonds is 4. The smallest absolute Gasteiger partial charge is 0.411 e. The highest BCUT2D eigenvalue weighted by Gasteiger charge is 2.54. The Morgan fingerprint density at radius 3 is 2.63 bits per heavy atom. The molecule has 2 amide bonds. The van der Waals surface area contributed by atoms with Gasteiger partial charge in [-0.2, -0.15) is 5.26 Å². The summed E-state index contributed by atoms with van der Waals surface area (Å²) in [5.74, 6) is -0.447. The van der Waals surface area contributed by atoms with Crippen molar-refractivity contribution in [2.45, 2.75) is 70.1 Å². The molecule has 6 nitrogen and oxygen atoms in total. The molecule has 0 unspecified atom stereocenters. The molecule has 3 aliphatic rings. The van der Waals surface area contributed by atoms with Gasteiger partial charge in [0, 0.05) is 17.4 Å². The van der Waals surface area contributed by atoms with E-state index in [0.717, 1.165) is 12.8 Å². The summed E-state index contributed by atoms with van der Waals surface area (Å²) in [6.45, 7) is 5.84. The number of hydrogen-bond acceptors (Lipinski definition) is 4. The molecule has 2 saturated heterocycles. The average molecular weight is 480 g/mol. The number of fused-ring (bicyclic) bond motifs is 3. The van der Waals surface area contributed by atoms with Crippen LogP contribution < -0.4 is 5.32 Å². The third-order valence-electron chi connectivity index (χ3n) is 5.83. The molecule has 4 rings (SSSR count). The van der Waals surface area contributed by atoms with Crippen LogP contribution in [0.25, 0.3) is 0 Å². The molecule has 1 aliphatic carbocycles. The number of halogens is 2. The van der Waals surface area contributed by atoms with Crippen molar-refractivity contribution in [3.05, 3.63) is 34.1 Å². The van der Waals surface area contributed by atoms with E-state index in [-0.39, 0.29) is 12.3 Å². The summed E-state index contributed by atoms with van der Waals surface area (Å²) in [5.41, 5.74) is -1.34. The summed E-state index contributed by atoms with van der Waals surface area (Å²) in [7, 11) is 0. The van der Waals surface area contributed by atoms with E-state index in [1.54, 1.807) is 37.8 Å². The number of amides is 2. The number of piperidine rings is 2. The molecule has 1 aromatic rings. The lowest BCUT2D eigenvalue weighted by molar-refractivity contribution is -0.142. The van der Waals surface area contributed by atoms with Crippen molar-refractivity contribution in [2.24, 2.45) is 5.92 Å². The van der Waals surface area contributed by atoms with Crippen LogP contribution in [0, 0.1) is 23.1 Å². The Balaban J connectivity index is 1.78. The summed E-state index contributed by atoms with van der Waals surface area (Å²) in [6.07, 6.45) is 2.32. The van der Waals surface area contributed by atoms with E-state index in [1.165, 1.54) is 6.07 Å². The van der Waals surface area contributed by atoms with E-state index in [2.05, 4.69) is 27.3 Å². The number of ether oxygens (including phenoxy) is 1. The first kappa shape index (κ1) is 22.5. The number of benzene rings is 1. The van der Waals surface area contributed by atoms with E-state index in [9.17, 15) is 19.2 Å². The maximum Gasteiger partial charge on any atom is 0.411 e. The van der Waals surface area contributed by atoms with Crippen molar-refractivity contribution in [3.63, 3.8) is 0 Å². The molecule has 1 aromatic carbocycles. The minimum absolute atomic E-state index is 0.0481. The van der Waals surface area contributed by atoms with Gasteiger partial charge in [-0.25, -0.2) is 9.18 Å². The molecule has 2 bridgehead atoms. The van der Waals surface area contributed by atoms with Crippen molar-refractivity contribution in [1.82, 2.24) is 10.2 Å². The van der Waals surface area contributed by atoms with Crippen LogP contribution >= 0.6 is 15.9 Å². The van der Waals surface area contributed by atoms with E-state index in [4.69, 9.17) is 4.74 Å². The van der Waals surface area contributed by atoms with Crippen LogP contribution in [0.15, 0.2) is 22.7 Å². The Morgan fingerprint density at radius 2 is 2.07 bits per heavy atom. The van der Waals surface area contributed by atoms with Gasteiger partial charge in [0.2, 0.25) is 5.91 Å². The summed E-state index contributed by atoms with van der Waals surface area (Å²) >= 11 is 3.21. The van der Waals surface area contributed by atoms with Crippen molar-refractivity contribution in [2.75, 3.05) is 6.54 Å². The van der Waals surface area contributed by atoms with E-state index in [1.807, 2.05) is 0 Å². The highest BCUT2D eigenvalue weighted by Crippen LogP contribution is 2.44. The van der Waals surface area contributed by atoms with Crippen molar-refractivity contribution < 1.29 is 18.7 Å². The molecule has 2 aliphatic heterocycles. The van der Waals surface area contributed by atoms with Crippen LogP contribution in [0.2, 0.25) is 0 Å². The van der Waals surface area contributed by atoms with Gasteiger partial charge < -0.3 is 10.1 Å². The number of nitrogens with one attached hydrogen (secondary N) is 1. The van der Waals surface area contributed by atoms with Crippen molar-refractivity contribution in [3.8, 4) is 6.07 Å². The summed E-state index contributed by atoms with van der Waals surface area (Å²) < 4.78 is 20.3. The SMILES string of the molecule is CC(C)(C)OC(=O)N1CC2CCC1(C(=O)N[C@H](C#N)Cc1ccc(Br)cc1F)CC2. The van der Waals surface area contributed by atoms with Gasteiger partial charge in [-0.15, -0.1) is 0 Å². The van der Waals surface area contributed by atoms with Gasteiger partial charge in [0.05, 0.1) is 6.07 Å². The highest BCUT2D eigenvalue weighted by atomic mass is 79.9. The zero-order valence-corrected chi connectivity index (χ0v) is 19.1. The van der Waals surface area contributed by atoms with Crippen molar-refractivity contribution >= 4 is 27.9 Å². The highest BCUT2D eigenvalue weighted by molar-refractivity contribution is 9.10. The van der Waals surface area contributed by atoms with Gasteiger partial charge in [-0.3, -0.25) is 9.69 Å². The van der Waals surface area contributed by atoms with E-state index in [0.29, 0.717) is 35.3 Å². The molecule has 162 valence electrons. The molecule has 1 atom stereocenters. The van der Waals surface area contributed by atoms with Crippen LogP contribution in [0.4, 0.5) is 9.18 Å². The van der Waals surface area contributed by atoms with Gasteiger partial charge in [0.1, 0.15) is 23.0 Å². The zero-order chi connectivity index (χ0) is 22.1. The zero-order valence-electron chi connectivity index (χ0n) is 17.5. The molecule has 8 heteroatoms. The fraction of sp³-hybridized carbons (Fsp3) is 0.591. The lowest BCUT2D eigenvalue weighted by Crippen LogP contribution is -2.68. The normalized spacial score (nSPS) is 24.1. The predicted molar refractivity (Wildman–Crippen MR) is 113 cm³/mol. The topological polar surface area (TPSA) is 82.4 Å². The molecule has 3 fully saturated rings. The molecule has 2 heterocycles. The number of nitriles is 1. The summed E-state index contributed by atoms with van der Waals surface area (Å²) in [6, 6.07) is 5.77. The molecule has 0 aromatic heterocycles. The van der Waals surface area contributed by atoms with Gasteiger partial charge in [0.25, 0.3) is 0 Å². The molecule has 0 radical (unpaired) electrons. The van der Waals surface area contributed by atoms with E-state index >= 15 is 0 Å². The maximum atomic E-state index is 14.2. The first-order valence-corrected chi connectivity index (χ1v) is 11.0. The number of carbonyl (C=O) groups is 2. The van der Waals surface area contributed by atoms with Crippen LogP contribution in [-0.4, -0.2) is 40.6 Å². The summed E-state index contributed by atoms with van der Waals surface area (Å²) in [5, 5.41) is 12.3. The Morgan fingerprint density at radius 1 is 1.40 bits per heavy atom. The minimum atomic E-state index is -1.02. The molecule has 1 N–H and O–H groups in total. The first-order chi connectivity index (χ1) is 14.0. The fourth-order valence-corrected chi connectivity index (χ4v) is 4.62. The number of hydrogen-bond donors (Lipinski definition) is 1. The van der Waals surface area contributed by atoms with Gasteiger partial charge in [-0.1, -0.05) is 22.0 Å². The van der Waals surface area contributed by atoms with Gasteiger partial charge in [-0.05, 0) is 70.1 Å². The average Bonchev–Trinajstić information content (AvgIpc) is 2.68. The third kappa shape index (κ3) is 4.77. The van der Waals surface area contributed by atoms with Crippen molar-refractivity contribution in [1.29, 1.82) is 5.26 Å². The van der Waals surface area contributed by atoms with E-state index < -0.39 is 29.1 Å². The maximum absolute atomic E-state index is 14.2.